The van der Waals surface area contributed by atoms with E-state index in [1.165, 1.54) is 0 Å². The molecule has 0 aromatic carbocycles. The number of nitrogens with zero attached hydrogens (tertiary/aromatic N) is 2. The largest absolute Gasteiger partial charge is 0.481 e. The number of imidazole rings is 1. The van der Waals surface area contributed by atoms with Crippen LogP contribution in [0.2, 0.25) is 0 Å². The predicted molar refractivity (Wildman–Crippen MR) is 48.4 cm³/mol. The van der Waals surface area contributed by atoms with Gasteiger partial charge in [-0.3, -0.25) is 4.79 Å². The summed E-state index contributed by atoms with van der Waals surface area (Å²) in [6.45, 7) is 3.60. The van der Waals surface area contributed by atoms with E-state index in [9.17, 15) is 4.79 Å². The lowest BCUT2D eigenvalue weighted by Crippen LogP contribution is -2.14. The molecule has 0 saturated heterocycles. The van der Waals surface area contributed by atoms with Crippen LogP contribution in [0.3, 0.4) is 0 Å². The van der Waals surface area contributed by atoms with Crippen LogP contribution in [0.4, 0.5) is 0 Å². The number of aryl methyl sites for hydroxylation is 1. The second-order valence-corrected chi connectivity index (χ2v) is 3.30. The van der Waals surface area contributed by atoms with Gasteiger partial charge in [0, 0.05) is 25.4 Å². The Bertz CT molecular complexity index is 317. The Morgan fingerprint density at radius 2 is 2.38 bits per heavy atom. The highest BCUT2D eigenvalue weighted by Gasteiger charge is 2.14. The van der Waals surface area contributed by atoms with Gasteiger partial charge in [0.25, 0.3) is 0 Å². The van der Waals surface area contributed by atoms with Gasteiger partial charge in [0.2, 0.25) is 0 Å². The van der Waals surface area contributed by atoms with Gasteiger partial charge in [0.15, 0.2) is 0 Å². The number of aliphatic carboxylic acids is 1. The normalized spacial score (nSPS) is 12.8. The van der Waals surface area contributed by atoms with Gasteiger partial charge >= 0.3 is 5.97 Å². The topological polar surface area (TPSA) is 55.1 Å². The first-order valence-corrected chi connectivity index (χ1v) is 4.22. The van der Waals surface area contributed by atoms with E-state index in [1.807, 2.05) is 18.5 Å². The van der Waals surface area contributed by atoms with Crippen molar-refractivity contribution in [1.29, 1.82) is 0 Å². The van der Waals surface area contributed by atoms with E-state index in [1.54, 1.807) is 13.1 Å². The van der Waals surface area contributed by atoms with E-state index < -0.39 is 5.97 Å². The van der Waals surface area contributed by atoms with Gasteiger partial charge in [-0.1, -0.05) is 6.92 Å². The zero-order valence-corrected chi connectivity index (χ0v) is 8.11. The van der Waals surface area contributed by atoms with Gasteiger partial charge in [-0.2, -0.15) is 0 Å². The van der Waals surface area contributed by atoms with Gasteiger partial charge < -0.3 is 9.67 Å². The molecular weight excluding hydrogens is 168 g/mol. The van der Waals surface area contributed by atoms with Crippen molar-refractivity contribution in [1.82, 2.24) is 9.55 Å². The number of carboxylic acid groups (broad SMARTS) is 1. The molecular formula is C9H14N2O2. The first-order valence-electron chi connectivity index (χ1n) is 4.22. The van der Waals surface area contributed by atoms with Crippen molar-refractivity contribution in [3.63, 3.8) is 0 Å². The summed E-state index contributed by atoms with van der Waals surface area (Å²) in [4.78, 5) is 14.7. The number of hydrogen-bond acceptors (Lipinski definition) is 2. The highest BCUT2D eigenvalue weighted by molar-refractivity contribution is 5.69. The lowest BCUT2D eigenvalue weighted by Gasteiger charge is -2.06. The van der Waals surface area contributed by atoms with Crippen LogP contribution in [0.5, 0.6) is 0 Å². The Balaban J connectivity index is 2.74. The third-order valence-corrected chi connectivity index (χ3v) is 2.25. The van der Waals surface area contributed by atoms with Crippen LogP contribution in [0.25, 0.3) is 0 Å². The van der Waals surface area contributed by atoms with E-state index in [0.717, 1.165) is 11.5 Å². The van der Waals surface area contributed by atoms with E-state index in [0.29, 0.717) is 6.42 Å². The quantitative estimate of drug-likeness (QED) is 0.758. The summed E-state index contributed by atoms with van der Waals surface area (Å²) in [7, 11) is 1.90. The predicted octanol–water partition coefficient (Wildman–Crippen LogP) is 0.992. The fourth-order valence-corrected chi connectivity index (χ4v) is 1.14. The Labute approximate surface area is 77.2 Å². The first-order chi connectivity index (χ1) is 6.02. The maximum Gasteiger partial charge on any atom is 0.306 e. The fourth-order valence-electron chi connectivity index (χ4n) is 1.14. The van der Waals surface area contributed by atoms with Gasteiger partial charge in [-0.05, 0) is 6.92 Å². The second kappa shape index (κ2) is 3.60. The third-order valence-electron chi connectivity index (χ3n) is 2.25. The summed E-state index contributed by atoms with van der Waals surface area (Å²) < 4.78 is 1.92. The molecule has 4 nitrogen and oxygen atoms in total. The monoisotopic (exact) mass is 182 g/mol. The average Bonchev–Trinajstić information content (AvgIpc) is 2.36. The zero-order chi connectivity index (χ0) is 10.0. The average molecular weight is 182 g/mol. The third kappa shape index (κ3) is 2.08. The Morgan fingerprint density at radius 3 is 2.77 bits per heavy atom. The molecule has 1 rings (SSSR count). The first kappa shape index (κ1) is 9.77. The number of carbonyl (C=O) groups is 1. The molecule has 0 radical (unpaired) electrons. The van der Waals surface area contributed by atoms with Crippen LogP contribution in [0.1, 0.15) is 18.4 Å². The molecule has 1 heterocycles. The van der Waals surface area contributed by atoms with Crippen molar-refractivity contribution in [2.24, 2.45) is 13.0 Å². The molecule has 0 aliphatic carbocycles. The molecule has 0 saturated carbocycles. The number of hydrogen-bond donors (Lipinski definition) is 1. The fraction of sp³-hybridized carbons (Fsp3) is 0.556. The minimum atomic E-state index is -0.765. The van der Waals surface area contributed by atoms with E-state index in [-0.39, 0.29) is 5.92 Å². The van der Waals surface area contributed by atoms with Crippen LogP contribution in [0, 0.1) is 12.8 Å². The Morgan fingerprint density at radius 1 is 1.77 bits per heavy atom. The van der Waals surface area contributed by atoms with Gasteiger partial charge in [0.1, 0.15) is 5.82 Å². The van der Waals surface area contributed by atoms with Crippen molar-refractivity contribution in [2.75, 3.05) is 0 Å². The molecule has 1 unspecified atom stereocenters. The molecule has 1 aromatic heterocycles. The number of aromatic nitrogens is 2. The highest BCUT2D eigenvalue weighted by Crippen LogP contribution is 2.09. The summed E-state index contributed by atoms with van der Waals surface area (Å²) in [5, 5.41) is 8.71. The molecule has 72 valence electrons. The van der Waals surface area contributed by atoms with E-state index in [4.69, 9.17) is 5.11 Å². The molecule has 1 atom stereocenters. The van der Waals surface area contributed by atoms with Gasteiger partial charge in [0.05, 0.1) is 5.92 Å². The standard InChI is InChI=1S/C9H14N2O2/c1-6(9(12)13)4-8-5-10-7(2)11(8)3/h5-6H,4H2,1-3H3,(H,12,13). The van der Waals surface area contributed by atoms with Gasteiger partial charge in [-0.25, -0.2) is 4.98 Å². The van der Waals surface area contributed by atoms with Crippen LogP contribution < -0.4 is 0 Å². The summed E-state index contributed by atoms with van der Waals surface area (Å²) in [5.74, 6) is -0.207. The van der Waals surface area contributed by atoms with Crippen molar-refractivity contribution < 1.29 is 9.90 Å². The maximum absolute atomic E-state index is 10.6. The molecule has 1 aromatic rings. The van der Waals surface area contributed by atoms with Crippen molar-refractivity contribution >= 4 is 5.97 Å². The lowest BCUT2D eigenvalue weighted by atomic mass is 10.1. The summed E-state index contributed by atoms with van der Waals surface area (Å²) in [5.41, 5.74) is 0.965. The summed E-state index contributed by atoms with van der Waals surface area (Å²) in [6.07, 6.45) is 2.27. The SMILES string of the molecule is Cc1ncc(CC(C)C(=O)O)n1C. The minimum Gasteiger partial charge on any atom is -0.481 e. The molecule has 0 spiro atoms. The Kier molecular flexibility index (Phi) is 2.70. The van der Waals surface area contributed by atoms with E-state index in [2.05, 4.69) is 4.98 Å². The van der Waals surface area contributed by atoms with Crippen LogP contribution in [-0.4, -0.2) is 20.6 Å². The molecule has 0 fully saturated rings. The number of carboxylic acids is 1. The summed E-state index contributed by atoms with van der Waals surface area (Å²) >= 11 is 0. The smallest absolute Gasteiger partial charge is 0.306 e. The lowest BCUT2D eigenvalue weighted by molar-refractivity contribution is -0.141. The molecule has 0 aliphatic rings. The van der Waals surface area contributed by atoms with Crippen molar-refractivity contribution in [3.05, 3.63) is 17.7 Å². The molecule has 1 N–H and O–H groups in total. The molecule has 0 bridgehead atoms. The van der Waals surface area contributed by atoms with Crippen LogP contribution in [0.15, 0.2) is 6.20 Å². The molecule has 13 heavy (non-hydrogen) atoms. The van der Waals surface area contributed by atoms with Crippen LogP contribution >= 0.6 is 0 Å². The molecule has 0 aliphatic heterocycles. The van der Waals surface area contributed by atoms with Gasteiger partial charge in [-0.15, -0.1) is 0 Å². The molecule has 4 heteroatoms. The Hall–Kier alpha value is -1.32. The van der Waals surface area contributed by atoms with E-state index >= 15 is 0 Å². The van der Waals surface area contributed by atoms with Crippen molar-refractivity contribution in [2.45, 2.75) is 20.3 Å². The summed E-state index contributed by atoms with van der Waals surface area (Å²) in [6, 6.07) is 0. The number of rotatable bonds is 3. The van der Waals surface area contributed by atoms with Crippen molar-refractivity contribution in [3.8, 4) is 0 Å². The maximum atomic E-state index is 10.6. The minimum absolute atomic E-state index is 0.352. The highest BCUT2D eigenvalue weighted by atomic mass is 16.4. The zero-order valence-electron chi connectivity index (χ0n) is 8.11. The second-order valence-electron chi connectivity index (χ2n) is 3.30. The molecule has 0 amide bonds. The van der Waals surface area contributed by atoms with Crippen LogP contribution in [-0.2, 0) is 18.3 Å².